The SMILES string of the molecule is CCNC(CCc1ccsc1)c1coc(C)c1. The molecule has 1 atom stereocenters. The summed E-state index contributed by atoms with van der Waals surface area (Å²) in [6.07, 6.45) is 4.10. The molecule has 0 aromatic carbocycles. The van der Waals surface area contributed by atoms with Gasteiger partial charge in [-0.25, -0.2) is 0 Å². The van der Waals surface area contributed by atoms with Crippen molar-refractivity contribution in [3.63, 3.8) is 0 Å². The monoisotopic (exact) mass is 249 g/mol. The zero-order valence-electron chi connectivity index (χ0n) is 10.4. The molecular formula is C14H19NOS. The lowest BCUT2D eigenvalue weighted by atomic mass is 10.0. The molecule has 2 heterocycles. The Labute approximate surface area is 107 Å². The standard InChI is InChI=1S/C14H19NOS/c1-3-15-14(13-8-11(2)16-9-13)5-4-12-6-7-17-10-12/h6-10,14-15H,3-5H2,1-2H3. The van der Waals surface area contributed by atoms with Crippen LogP contribution in [0.1, 0.15) is 36.3 Å². The Morgan fingerprint density at radius 2 is 2.35 bits per heavy atom. The number of nitrogens with one attached hydrogen (secondary N) is 1. The second kappa shape index (κ2) is 6.03. The maximum absolute atomic E-state index is 5.39. The first-order valence-electron chi connectivity index (χ1n) is 6.09. The molecule has 0 aliphatic carbocycles. The number of furan rings is 1. The quantitative estimate of drug-likeness (QED) is 0.839. The Morgan fingerprint density at radius 3 is 2.94 bits per heavy atom. The molecule has 0 aliphatic heterocycles. The van der Waals surface area contributed by atoms with Crippen LogP contribution >= 0.6 is 11.3 Å². The molecule has 3 heteroatoms. The number of rotatable bonds is 6. The molecule has 0 fully saturated rings. The van der Waals surface area contributed by atoms with Gasteiger partial charge in [-0.15, -0.1) is 0 Å². The third kappa shape index (κ3) is 3.45. The lowest BCUT2D eigenvalue weighted by Gasteiger charge is -2.15. The maximum Gasteiger partial charge on any atom is 0.101 e. The van der Waals surface area contributed by atoms with Crippen LogP contribution in [0.2, 0.25) is 0 Å². The van der Waals surface area contributed by atoms with E-state index in [-0.39, 0.29) is 0 Å². The average Bonchev–Trinajstić information content (AvgIpc) is 2.95. The molecule has 0 amide bonds. The van der Waals surface area contributed by atoms with Crippen molar-refractivity contribution in [1.29, 1.82) is 0 Å². The highest BCUT2D eigenvalue weighted by molar-refractivity contribution is 7.07. The minimum Gasteiger partial charge on any atom is -0.469 e. The lowest BCUT2D eigenvalue weighted by Crippen LogP contribution is -2.20. The first-order valence-corrected chi connectivity index (χ1v) is 7.03. The van der Waals surface area contributed by atoms with Crippen molar-refractivity contribution in [1.82, 2.24) is 5.32 Å². The summed E-state index contributed by atoms with van der Waals surface area (Å²) in [4.78, 5) is 0. The summed E-state index contributed by atoms with van der Waals surface area (Å²) in [5, 5.41) is 7.88. The van der Waals surface area contributed by atoms with E-state index >= 15 is 0 Å². The van der Waals surface area contributed by atoms with E-state index < -0.39 is 0 Å². The molecule has 0 radical (unpaired) electrons. The van der Waals surface area contributed by atoms with E-state index in [2.05, 4.69) is 35.1 Å². The minimum absolute atomic E-state index is 0.400. The first kappa shape index (κ1) is 12.4. The predicted molar refractivity (Wildman–Crippen MR) is 72.5 cm³/mol. The van der Waals surface area contributed by atoms with Crippen LogP contribution in [0.4, 0.5) is 0 Å². The van der Waals surface area contributed by atoms with Crippen molar-refractivity contribution in [3.8, 4) is 0 Å². The van der Waals surface area contributed by atoms with Crippen molar-refractivity contribution in [2.45, 2.75) is 32.7 Å². The summed E-state index contributed by atoms with van der Waals surface area (Å²) in [6.45, 7) is 5.12. The average molecular weight is 249 g/mol. The molecule has 1 unspecified atom stereocenters. The molecule has 0 bridgehead atoms. The van der Waals surface area contributed by atoms with Gasteiger partial charge >= 0.3 is 0 Å². The van der Waals surface area contributed by atoms with Gasteiger partial charge in [-0.1, -0.05) is 6.92 Å². The predicted octanol–water partition coefficient (Wildman–Crippen LogP) is 3.93. The lowest BCUT2D eigenvalue weighted by molar-refractivity contribution is 0.495. The summed E-state index contributed by atoms with van der Waals surface area (Å²) in [7, 11) is 0. The molecule has 17 heavy (non-hydrogen) atoms. The van der Waals surface area contributed by atoms with E-state index in [4.69, 9.17) is 4.42 Å². The fourth-order valence-corrected chi connectivity index (χ4v) is 2.73. The molecule has 0 aliphatic rings. The van der Waals surface area contributed by atoms with Crippen molar-refractivity contribution in [2.24, 2.45) is 0 Å². The van der Waals surface area contributed by atoms with Gasteiger partial charge in [0.15, 0.2) is 0 Å². The molecule has 0 saturated carbocycles. The fourth-order valence-electron chi connectivity index (χ4n) is 2.03. The summed E-state index contributed by atoms with van der Waals surface area (Å²) in [5.74, 6) is 0.985. The second-order valence-corrected chi connectivity index (χ2v) is 5.05. The van der Waals surface area contributed by atoms with Crippen molar-refractivity contribution >= 4 is 11.3 Å². The molecular weight excluding hydrogens is 230 g/mol. The molecule has 2 aromatic rings. The first-order chi connectivity index (χ1) is 8.29. The highest BCUT2D eigenvalue weighted by Gasteiger charge is 2.12. The minimum atomic E-state index is 0.400. The number of aryl methyl sites for hydroxylation is 2. The molecule has 0 saturated heterocycles. The van der Waals surface area contributed by atoms with Gasteiger partial charge < -0.3 is 9.73 Å². The number of hydrogen-bond donors (Lipinski definition) is 1. The smallest absolute Gasteiger partial charge is 0.101 e. The van der Waals surface area contributed by atoms with Crippen LogP contribution in [-0.4, -0.2) is 6.54 Å². The normalized spacial score (nSPS) is 12.8. The molecule has 2 nitrogen and oxygen atoms in total. The summed E-state index contributed by atoms with van der Waals surface area (Å²) >= 11 is 1.77. The zero-order chi connectivity index (χ0) is 12.1. The van der Waals surface area contributed by atoms with Crippen LogP contribution in [0.15, 0.2) is 33.6 Å². The van der Waals surface area contributed by atoms with Crippen LogP contribution in [0.25, 0.3) is 0 Å². The van der Waals surface area contributed by atoms with E-state index in [1.54, 1.807) is 11.3 Å². The zero-order valence-corrected chi connectivity index (χ0v) is 11.2. The summed E-state index contributed by atoms with van der Waals surface area (Å²) < 4.78 is 5.39. The van der Waals surface area contributed by atoms with Gasteiger partial charge in [0.2, 0.25) is 0 Å². The van der Waals surface area contributed by atoms with Gasteiger partial charge in [0.25, 0.3) is 0 Å². The number of thiophene rings is 1. The highest BCUT2D eigenvalue weighted by atomic mass is 32.1. The van der Waals surface area contributed by atoms with Crippen LogP contribution < -0.4 is 5.32 Å². The Morgan fingerprint density at radius 1 is 1.47 bits per heavy atom. The molecule has 2 aromatic heterocycles. The van der Waals surface area contributed by atoms with Crippen molar-refractivity contribution in [2.75, 3.05) is 6.54 Å². The third-order valence-electron chi connectivity index (χ3n) is 2.91. The molecule has 92 valence electrons. The Hall–Kier alpha value is -1.06. The van der Waals surface area contributed by atoms with Gasteiger partial charge in [-0.2, -0.15) is 11.3 Å². The van der Waals surface area contributed by atoms with Crippen LogP contribution in [-0.2, 0) is 6.42 Å². The van der Waals surface area contributed by atoms with Crippen LogP contribution in [0.5, 0.6) is 0 Å². The van der Waals surface area contributed by atoms with E-state index in [0.29, 0.717) is 6.04 Å². The Kier molecular flexibility index (Phi) is 4.40. The number of hydrogen-bond acceptors (Lipinski definition) is 3. The van der Waals surface area contributed by atoms with Gasteiger partial charge in [0.1, 0.15) is 5.76 Å². The van der Waals surface area contributed by atoms with Gasteiger partial charge in [-0.3, -0.25) is 0 Å². The molecule has 1 N–H and O–H groups in total. The van der Waals surface area contributed by atoms with Gasteiger partial charge in [-0.05, 0) is 54.8 Å². The highest BCUT2D eigenvalue weighted by Crippen LogP contribution is 2.22. The third-order valence-corrected chi connectivity index (χ3v) is 3.64. The second-order valence-electron chi connectivity index (χ2n) is 4.27. The molecule has 0 spiro atoms. The largest absolute Gasteiger partial charge is 0.469 e. The Bertz CT molecular complexity index is 433. The van der Waals surface area contributed by atoms with Gasteiger partial charge in [0, 0.05) is 11.6 Å². The van der Waals surface area contributed by atoms with E-state index in [0.717, 1.165) is 25.1 Å². The summed E-state index contributed by atoms with van der Waals surface area (Å²) in [6, 6.07) is 4.73. The Balaban J connectivity index is 1.97. The topological polar surface area (TPSA) is 25.2 Å². The summed E-state index contributed by atoms with van der Waals surface area (Å²) in [5.41, 5.74) is 2.69. The molecule has 2 rings (SSSR count). The van der Waals surface area contributed by atoms with Crippen LogP contribution in [0.3, 0.4) is 0 Å². The van der Waals surface area contributed by atoms with Crippen molar-refractivity contribution < 1.29 is 4.42 Å². The van der Waals surface area contributed by atoms with E-state index in [1.807, 2.05) is 13.2 Å². The van der Waals surface area contributed by atoms with Crippen LogP contribution in [0, 0.1) is 6.92 Å². The fraction of sp³-hybridized carbons (Fsp3) is 0.429. The maximum atomic E-state index is 5.39. The van der Waals surface area contributed by atoms with Gasteiger partial charge in [0.05, 0.1) is 6.26 Å². The van der Waals surface area contributed by atoms with Crippen molar-refractivity contribution in [3.05, 3.63) is 46.0 Å². The van der Waals surface area contributed by atoms with E-state index in [9.17, 15) is 0 Å². The van der Waals surface area contributed by atoms with E-state index in [1.165, 1.54) is 11.1 Å².